The number of carbonyl (C=O) groups excluding carboxylic acids is 1. The lowest BCUT2D eigenvalue weighted by molar-refractivity contribution is -0.121. The molecule has 5 heteroatoms. The third-order valence-corrected chi connectivity index (χ3v) is 3.92. The fourth-order valence-corrected chi connectivity index (χ4v) is 2.63. The first kappa shape index (κ1) is 16.2. The molecule has 1 heterocycles. The van der Waals surface area contributed by atoms with E-state index in [1.54, 1.807) is 7.11 Å². The number of ether oxygens (including phenoxy) is 3. The second-order valence-electron chi connectivity index (χ2n) is 5.57. The minimum absolute atomic E-state index is 0.01000. The van der Waals surface area contributed by atoms with Gasteiger partial charge in [0.1, 0.15) is 19.0 Å². The van der Waals surface area contributed by atoms with E-state index in [1.807, 2.05) is 42.5 Å². The van der Waals surface area contributed by atoms with Crippen LogP contribution < -0.4 is 19.5 Å². The van der Waals surface area contributed by atoms with Crippen molar-refractivity contribution < 1.29 is 19.0 Å². The van der Waals surface area contributed by atoms with Gasteiger partial charge in [-0.25, -0.2) is 0 Å². The van der Waals surface area contributed by atoms with Gasteiger partial charge in [0, 0.05) is 18.5 Å². The molecule has 1 aliphatic heterocycles. The maximum atomic E-state index is 12.1. The minimum atomic E-state index is 0.01000. The number of para-hydroxylation sites is 1. The first-order valence-corrected chi connectivity index (χ1v) is 8.03. The molecule has 0 unspecified atom stereocenters. The highest BCUT2D eigenvalue weighted by atomic mass is 16.6. The Balaban J connectivity index is 1.50. The summed E-state index contributed by atoms with van der Waals surface area (Å²) in [6.07, 6.45) is 1.09. The lowest BCUT2D eigenvalue weighted by Gasteiger charge is -2.18. The van der Waals surface area contributed by atoms with Crippen molar-refractivity contribution in [2.75, 3.05) is 20.3 Å². The molecule has 0 fully saturated rings. The highest BCUT2D eigenvalue weighted by Crippen LogP contribution is 2.31. The number of hydrogen-bond acceptors (Lipinski definition) is 4. The fraction of sp³-hybridized carbons (Fsp3) is 0.316. The average Bonchev–Trinajstić information content (AvgIpc) is 2.64. The smallest absolute Gasteiger partial charge is 0.220 e. The standard InChI is InChI=1S/C19H21NO4/c1-22-16-5-3-2-4-15(16)13-20-19(21)9-7-14-6-8-17-18(12-14)24-11-10-23-17/h2-6,8,12H,7,9-11,13H2,1H3,(H,20,21). The van der Waals surface area contributed by atoms with Crippen molar-refractivity contribution >= 4 is 5.91 Å². The maximum Gasteiger partial charge on any atom is 0.220 e. The molecule has 0 bridgehead atoms. The number of carbonyl (C=O) groups is 1. The molecule has 1 amide bonds. The third kappa shape index (κ3) is 3.98. The zero-order valence-electron chi connectivity index (χ0n) is 13.7. The van der Waals surface area contributed by atoms with Gasteiger partial charge >= 0.3 is 0 Å². The van der Waals surface area contributed by atoms with Crippen LogP contribution in [0.15, 0.2) is 42.5 Å². The van der Waals surface area contributed by atoms with Crippen molar-refractivity contribution in [2.45, 2.75) is 19.4 Å². The summed E-state index contributed by atoms with van der Waals surface area (Å²) in [5.74, 6) is 2.32. The first-order valence-electron chi connectivity index (χ1n) is 8.03. The zero-order valence-corrected chi connectivity index (χ0v) is 13.7. The van der Waals surface area contributed by atoms with Crippen LogP contribution in [0, 0.1) is 0 Å². The summed E-state index contributed by atoms with van der Waals surface area (Å²) in [6.45, 7) is 1.61. The quantitative estimate of drug-likeness (QED) is 0.886. The second-order valence-corrected chi connectivity index (χ2v) is 5.57. The molecule has 0 aliphatic carbocycles. The summed E-state index contributed by atoms with van der Waals surface area (Å²) in [4.78, 5) is 12.1. The van der Waals surface area contributed by atoms with Crippen molar-refractivity contribution in [3.63, 3.8) is 0 Å². The Hall–Kier alpha value is -2.69. The molecule has 1 aliphatic rings. The predicted octanol–water partition coefficient (Wildman–Crippen LogP) is 2.72. The Morgan fingerprint density at radius 2 is 1.92 bits per heavy atom. The predicted molar refractivity (Wildman–Crippen MR) is 90.6 cm³/mol. The normalized spacial score (nSPS) is 12.5. The molecule has 2 aromatic rings. The molecule has 0 aromatic heterocycles. The highest BCUT2D eigenvalue weighted by Gasteiger charge is 2.12. The van der Waals surface area contributed by atoms with E-state index in [2.05, 4.69) is 5.32 Å². The van der Waals surface area contributed by atoms with Gasteiger partial charge in [-0.1, -0.05) is 24.3 Å². The van der Waals surface area contributed by atoms with Gasteiger partial charge < -0.3 is 19.5 Å². The van der Waals surface area contributed by atoms with E-state index in [9.17, 15) is 4.79 Å². The number of methoxy groups -OCH3 is 1. The van der Waals surface area contributed by atoms with Crippen LogP contribution in [-0.2, 0) is 17.8 Å². The van der Waals surface area contributed by atoms with Gasteiger partial charge in [0.2, 0.25) is 5.91 Å². The van der Waals surface area contributed by atoms with Crippen LogP contribution in [0.5, 0.6) is 17.2 Å². The number of aryl methyl sites for hydroxylation is 1. The third-order valence-electron chi connectivity index (χ3n) is 3.92. The summed E-state index contributed by atoms with van der Waals surface area (Å²) in [6, 6.07) is 13.5. The van der Waals surface area contributed by atoms with Gasteiger partial charge in [0.25, 0.3) is 0 Å². The summed E-state index contributed by atoms with van der Waals surface area (Å²) in [7, 11) is 1.63. The van der Waals surface area contributed by atoms with Gasteiger partial charge in [-0.2, -0.15) is 0 Å². The fourth-order valence-electron chi connectivity index (χ4n) is 2.63. The monoisotopic (exact) mass is 327 g/mol. The number of rotatable bonds is 6. The van der Waals surface area contributed by atoms with E-state index in [4.69, 9.17) is 14.2 Å². The molecule has 5 nitrogen and oxygen atoms in total. The van der Waals surface area contributed by atoms with Gasteiger partial charge in [0.05, 0.1) is 7.11 Å². The molecule has 0 radical (unpaired) electrons. The van der Waals surface area contributed by atoms with Gasteiger partial charge in [-0.3, -0.25) is 4.79 Å². The molecule has 126 valence electrons. The lowest BCUT2D eigenvalue weighted by atomic mass is 10.1. The van der Waals surface area contributed by atoms with Crippen molar-refractivity contribution in [3.05, 3.63) is 53.6 Å². The number of fused-ring (bicyclic) bond motifs is 1. The Kier molecular flexibility index (Phi) is 5.21. The molecular weight excluding hydrogens is 306 g/mol. The van der Waals surface area contributed by atoms with Crippen LogP contribution in [0.2, 0.25) is 0 Å². The molecule has 2 aromatic carbocycles. The van der Waals surface area contributed by atoms with Crippen molar-refractivity contribution in [3.8, 4) is 17.2 Å². The van der Waals surface area contributed by atoms with Gasteiger partial charge in [-0.15, -0.1) is 0 Å². The molecule has 0 saturated heterocycles. The van der Waals surface area contributed by atoms with E-state index >= 15 is 0 Å². The topological polar surface area (TPSA) is 56.8 Å². The number of nitrogens with one attached hydrogen (secondary N) is 1. The Bertz CT molecular complexity index is 714. The van der Waals surface area contributed by atoms with Crippen LogP contribution in [0.3, 0.4) is 0 Å². The lowest BCUT2D eigenvalue weighted by Crippen LogP contribution is -2.23. The Morgan fingerprint density at radius 1 is 1.12 bits per heavy atom. The van der Waals surface area contributed by atoms with Crippen molar-refractivity contribution in [1.82, 2.24) is 5.32 Å². The van der Waals surface area contributed by atoms with Crippen LogP contribution in [0.25, 0.3) is 0 Å². The van der Waals surface area contributed by atoms with E-state index in [0.29, 0.717) is 32.6 Å². The van der Waals surface area contributed by atoms with Crippen LogP contribution in [0.1, 0.15) is 17.5 Å². The SMILES string of the molecule is COc1ccccc1CNC(=O)CCc1ccc2c(c1)OCCO2. The molecule has 0 atom stereocenters. The van der Waals surface area contributed by atoms with E-state index < -0.39 is 0 Å². The first-order chi connectivity index (χ1) is 11.8. The maximum absolute atomic E-state index is 12.1. The minimum Gasteiger partial charge on any atom is -0.496 e. The summed E-state index contributed by atoms with van der Waals surface area (Å²) < 4.78 is 16.3. The van der Waals surface area contributed by atoms with Crippen LogP contribution in [0.4, 0.5) is 0 Å². The number of amides is 1. The highest BCUT2D eigenvalue weighted by molar-refractivity contribution is 5.76. The largest absolute Gasteiger partial charge is 0.496 e. The van der Waals surface area contributed by atoms with Gasteiger partial charge in [-0.05, 0) is 30.2 Å². The van der Waals surface area contributed by atoms with Gasteiger partial charge in [0.15, 0.2) is 11.5 Å². The van der Waals surface area contributed by atoms with E-state index in [-0.39, 0.29) is 5.91 Å². The Morgan fingerprint density at radius 3 is 2.75 bits per heavy atom. The summed E-state index contributed by atoms with van der Waals surface area (Å²) in [5, 5.41) is 2.93. The number of hydrogen-bond donors (Lipinski definition) is 1. The molecular formula is C19H21NO4. The number of benzene rings is 2. The van der Waals surface area contributed by atoms with E-state index in [0.717, 1.165) is 28.4 Å². The second kappa shape index (κ2) is 7.73. The zero-order chi connectivity index (χ0) is 16.8. The van der Waals surface area contributed by atoms with Crippen LogP contribution >= 0.6 is 0 Å². The van der Waals surface area contributed by atoms with E-state index in [1.165, 1.54) is 0 Å². The molecule has 0 spiro atoms. The molecule has 0 saturated carbocycles. The van der Waals surface area contributed by atoms with Crippen molar-refractivity contribution in [1.29, 1.82) is 0 Å². The average molecular weight is 327 g/mol. The summed E-state index contributed by atoms with van der Waals surface area (Å²) >= 11 is 0. The molecule has 24 heavy (non-hydrogen) atoms. The molecule has 3 rings (SSSR count). The molecule has 1 N–H and O–H groups in total. The Labute approximate surface area is 141 Å². The van der Waals surface area contributed by atoms with Crippen LogP contribution in [-0.4, -0.2) is 26.2 Å². The van der Waals surface area contributed by atoms with Crippen molar-refractivity contribution in [2.24, 2.45) is 0 Å². The summed E-state index contributed by atoms with van der Waals surface area (Å²) in [5.41, 5.74) is 2.03.